The minimum Gasteiger partial charge on any atom is -0.398 e. The molecule has 0 saturated heterocycles. The average Bonchev–Trinajstić information content (AvgIpc) is 2.99. The van der Waals surface area contributed by atoms with E-state index in [2.05, 4.69) is 59.4 Å². The van der Waals surface area contributed by atoms with Crippen LogP contribution < -0.4 is 10.6 Å². The first-order valence-electron chi connectivity index (χ1n) is 6.53. The van der Waals surface area contributed by atoms with Crippen molar-refractivity contribution in [1.82, 2.24) is 4.98 Å². The molecule has 2 aromatic carbocycles. The number of hydrogen-bond acceptors (Lipinski definition) is 4. The highest BCUT2D eigenvalue weighted by molar-refractivity contribution is 14.1. The van der Waals surface area contributed by atoms with Gasteiger partial charge in [0.2, 0.25) is 0 Å². The number of benzene rings is 2. The number of thiazole rings is 1. The summed E-state index contributed by atoms with van der Waals surface area (Å²) in [6, 6.07) is 7.54. The predicted octanol–water partition coefficient (Wildman–Crippen LogP) is 7.07. The number of hydrogen-bond donors (Lipinski definition) is 1. The van der Waals surface area contributed by atoms with Crippen molar-refractivity contribution >= 4 is 110 Å². The molecule has 0 atom stereocenters. The molecule has 0 aliphatic rings. The fourth-order valence-electron chi connectivity index (χ4n) is 1.66. The van der Waals surface area contributed by atoms with E-state index in [9.17, 15) is 0 Å². The lowest BCUT2D eigenvalue weighted by atomic mass is 10.3. The summed E-state index contributed by atoms with van der Waals surface area (Å²) in [7, 11) is 3.95. The van der Waals surface area contributed by atoms with Gasteiger partial charge in [-0.05, 0) is 78.7 Å². The first-order valence-corrected chi connectivity index (χ1v) is 10.8. The number of rotatable bonds is 1. The van der Waals surface area contributed by atoms with Gasteiger partial charge in [-0.1, -0.05) is 34.5 Å². The van der Waals surface area contributed by atoms with E-state index in [1.54, 1.807) is 11.3 Å². The van der Waals surface area contributed by atoms with Crippen LogP contribution in [0.3, 0.4) is 0 Å². The molecule has 0 aliphatic heterocycles. The van der Waals surface area contributed by atoms with E-state index < -0.39 is 0 Å². The van der Waals surface area contributed by atoms with Crippen molar-refractivity contribution in [1.29, 1.82) is 0 Å². The Hall–Kier alpha value is 0.200. The van der Waals surface area contributed by atoms with Crippen LogP contribution >= 0.6 is 89.0 Å². The fraction of sp³-hybridized carbons (Fsp3) is 0.133. The lowest BCUT2D eigenvalue weighted by Gasteiger charge is -2.04. The summed E-state index contributed by atoms with van der Waals surface area (Å²) in [5.41, 5.74) is 7.24. The Kier molecular flexibility index (Phi) is 7.46. The van der Waals surface area contributed by atoms with Crippen molar-refractivity contribution in [3.63, 3.8) is 0 Å². The highest BCUT2D eigenvalue weighted by Crippen LogP contribution is 2.37. The van der Waals surface area contributed by atoms with Crippen LogP contribution in [0.4, 0.5) is 10.8 Å². The van der Waals surface area contributed by atoms with E-state index in [1.807, 2.05) is 43.3 Å². The van der Waals surface area contributed by atoms with Crippen LogP contribution in [0, 0.1) is 3.57 Å². The van der Waals surface area contributed by atoms with Crippen molar-refractivity contribution in [3.05, 3.63) is 46.8 Å². The van der Waals surface area contributed by atoms with Crippen molar-refractivity contribution in [2.75, 3.05) is 24.7 Å². The Morgan fingerprint density at radius 1 is 1.08 bits per heavy atom. The lowest BCUT2D eigenvalue weighted by molar-refractivity contribution is 1.11. The molecule has 0 spiro atoms. The maximum atomic E-state index is 6.15. The smallest absolute Gasteiger partial charge is 0.185 e. The monoisotopic (exact) mass is 621 g/mol. The molecule has 1 heterocycles. The van der Waals surface area contributed by atoms with Crippen LogP contribution in [-0.4, -0.2) is 19.1 Å². The highest BCUT2D eigenvalue weighted by atomic mass is 127. The normalized spacial score (nSPS) is 10.5. The third-order valence-electron chi connectivity index (χ3n) is 2.89. The van der Waals surface area contributed by atoms with Crippen LogP contribution in [0.5, 0.6) is 0 Å². The van der Waals surface area contributed by atoms with Gasteiger partial charge in [-0.2, -0.15) is 0 Å². The molecule has 0 bridgehead atoms. The highest BCUT2D eigenvalue weighted by Gasteiger charge is 2.10. The van der Waals surface area contributed by atoms with Crippen molar-refractivity contribution in [2.24, 2.45) is 0 Å². The lowest BCUT2D eigenvalue weighted by Crippen LogP contribution is -2.07. The molecule has 2 N–H and O–H groups in total. The SMILES string of the molecule is CN(C)c1nc2ccc(Br)c(Cl)c2s1.Nc1ccc(Br)c(Cl)c1I. The Balaban J connectivity index is 0.000000185. The second-order valence-corrected chi connectivity index (χ2v) is 9.39. The third kappa shape index (κ3) is 4.67. The topological polar surface area (TPSA) is 42.2 Å². The van der Waals surface area contributed by atoms with Crippen LogP contribution in [0.2, 0.25) is 10.0 Å². The van der Waals surface area contributed by atoms with E-state index >= 15 is 0 Å². The van der Waals surface area contributed by atoms with E-state index in [1.165, 1.54) is 0 Å². The zero-order valence-corrected chi connectivity index (χ0v) is 20.2. The molecule has 3 rings (SSSR count). The fourth-order valence-corrected chi connectivity index (χ4v) is 4.66. The summed E-state index contributed by atoms with van der Waals surface area (Å²) in [5, 5.41) is 2.40. The zero-order valence-electron chi connectivity index (χ0n) is 12.6. The van der Waals surface area contributed by atoms with Gasteiger partial charge in [0.1, 0.15) is 0 Å². The van der Waals surface area contributed by atoms with Gasteiger partial charge >= 0.3 is 0 Å². The quantitative estimate of drug-likeness (QED) is 0.179. The Bertz CT molecular complexity index is 860. The Morgan fingerprint density at radius 2 is 1.67 bits per heavy atom. The first-order chi connectivity index (χ1) is 11.2. The molecule has 0 aliphatic carbocycles. The van der Waals surface area contributed by atoms with Crippen molar-refractivity contribution in [3.8, 4) is 0 Å². The number of fused-ring (bicyclic) bond motifs is 1. The molecular weight excluding hydrogens is 612 g/mol. The van der Waals surface area contributed by atoms with Gasteiger partial charge in [0.25, 0.3) is 0 Å². The van der Waals surface area contributed by atoms with Crippen molar-refractivity contribution < 1.29 is 0 Å². The molecule has 128 valence electrons. The minimum atomic E-state index is 0.681. The molecule has 0 amide bonds. The maximum Gasteiger partial charge on any atom is 0.185 e. The molecule has 1 aromatic heterocycles. The largest absolute Gasteiger partial charge is 0.398 e. The first kappa shape index (κ1) is 20.5. The summed E-state index contributed by atoms with van der Waals surface area (Å²) < 4.78 is 3.73. The summed E-state index contributed by atoms with van der Waals surface area (Å²) >= 11 is 22.4. The van der Waals surface area contributed by atoms with Gasteiger partial charge in [-0.3, -0.25) is 0 Å². The van der Waals surface area contributed by atoms with E-state index in [4.69, 9.17) is 28.9 Å². The number of nitrogens with two attached hydrogens (primary N) is 1. The molecule has 0 radical (unpaired) electrons. The van der Waals surface area contributed by atoms with E-state index in [-0.39, 0.29) is 0 Å². The maximum absolute atomic E-state index is 6.15. The molecular formula is C15H12Br2Cl2IN3S. The van der Waals surface area contributed by atoms with Crippen LogP contribution in [0.1, 0.15) is 0 Å². The molecule has 24 heavy (non-hydrogen) atoms. The Morgan fingerprint density at radius 3 is 2.25 bits per heavy atom. The molecule has 3 aromatic rings. The second kappa shape index (κ2) is 8.73. The van der Waals surface area contributed by atoms with E-state index in [0.717, 1.165) is 32.9 Å². The van der Waals surface area contributed by atoms with Crippen LogP contribution in [0.25, 0.3) is 10.2 Å². The average molecular weight is 624 g/mol. The number of nitrogen functional groups attached to an aromatic ring is 1. The van der Waals surface area contributed by atoms with Gasteiger partial charge in [0.15, 0.2) is 5.13 Å². The van der Waals surface area contributed by atoms with Gasteiger partial charge in [-0.15, -0.1) is 0 Å². The summed E-state index contributed by atoms with van der Waals surface area (Å²) in [4.78, 5) is 6.43. The van der Waals surface area contributed by atoms with Gasteiger partial charge in [0.05, 0.1) is 23.8 Å². The molecule has 9 heteroatoms. The molecule has 3 nitrogen and oxygen atoms in total. The number of nitrogens with zero attached hydrogens (tertiary/aromatic N) is 2. The summed E-state index contributed by atoms with van der Waals surface area (Å²) in [5.74, 6) is 0. The number of halogens is 5. The van der Waals surface area contributed by atoms with Crippen LogP contribution in [0.15, 0.2) is 33.2 Å². The summed E-state index contributed by atoms with van der Waals surface area (Å²) in [6.45, 7) is 0. The summed E-state index contributed by atoms with van der Waals surface area (Å²) in [6.07, 6.45) is 0. The third-order valence-corrected chi connectivity index (χ3v) is 8.30. The van der Waals surface area contributed by atoms with Gasteiger partial charge < -0.3 is 10.6 Å². The second-order valence-electron chi connectivity index (χ2n) is 4.87. The molecule has 0 unspecified atom stereocenters. The predicted molar refractivity (Wildman–Crippen MR) is 123 cm³/mol. The zero-order chi connectivity index (χ0) is 18.0. The van der Waals surface area contributed by atoms with E-state index in [0.29, 0.717) is 10.7 Å². The Labute approximate surface area is 184 Å². The van der Waals surface area contributed by atoms with Gasteiger partial charge in [-0.25, -0.2) is 4.98 Å². The number of aromatic nitrogens is 1. The van der Waals surface area contributed by atoms with Gasteiger partial charge in [0, 0.05) is 28.7 Å². The molecule has 0 fully saturated rings. The molecule has 0 saturated carbocycles. The van der Waals surface area contributed by atoms with Crippen molar-refractivity contribution in [2.45, 2.75) is 0 Å². The van der Waals surface area contributed by atoms with Crippen LogP contribution in [-0.2, 0) is 0 Å². The number of anilines is 2. The standard InChI is InChI=1S/C9H8BrClN2S.C6H4BrClIN/c1-13(2)9-12-6-4-3-5(10)7(11)8(6)14-9;7-3-1-2-4(10)6(9)5(3)8/h3-4H,1-2H3;1-2H,10H2. The minimum absolute atomic E-state index is 0.681.